The van der Waals surface area contributed by atoms with Crippen molar-refractivity contribution in [1.29, 1.82) is 0 Å². The summed E-state index contributed by atoms with van der Waals surface area (Å²) >= 11 is 5.92. The molecular weight excluding hydrogens is 338 g/mol. The summed E-state index contributed by atoms with van der Waals surface area (Å²) in [4.78, 5) is 12.6. The van der Waals surface area contributed by atoms with Gasteiger partial charge in [-0.2, -0.15) is 10.2 Å². The van der Waals surface area contributed by atoms with E-state index in [9.17, 15) is 4.79 Å². The van der Waals surface area contributed by atoms with Crippen LogP contribution in [-0.2, 0) is 13.6 Å². The van der Waals surface area contributed by atoms with E-state index in [1.54, 1.807) is 4.68 Å². The molecule has 0 unspecified atom stereocenters. The SMILES string of the molecule is Cc1nn(C)c(C)c1C(=O)Nc1cc(C)n(Cc2ccc(Cl)cc2)n1. The molecule has 0 radical (unpaired) electrons. The molecule has 2 aromatic heterocycles. The van der Waals surface area contributed by atoms with Crippen molar-refractivity contribution in [3.63, 3.8) is 0 Å². The van der Waals surface area contributed by atoms with Crippen molar-refractivity contribution >= 4 is 23.3 Å². The Labute approximate surface area is 151 Å². The van der Waals surface area contributed by atoms with E-state index in [4.69, 9.17) is 11.6 Å². The maximum atomic E-state index is 12.6. The average Bonchev–Trinajstić information content (AvgIpc) is 3.01. The molecule has 1 amide bonds. The highest BCUT2D eigenvalue weighted by molar-refractivity contribution is 6.30. The summed E-state index contributed by atoms with van der Waals surface area (Å²) in [5.41, 5.74) is 4.17. The van der Waals surface area contributed by atoms with Crippen LogP contribution in [0, 0.1) is 20.8 Å². The monoisotopic (exact) mass is 357 g/mol. The van der Waals surface area contributed by atoms with E-state index in [0.717, 1.165) is 17.0 Å². The van der Waals surface area contributed by atoms with Crippen LogP contribution < -0.4 is 5.32 Å². The second-order valence-electron chi connectivity index (χ2n) is 6.08. The van der Waals surface area contributed by atoms with Crippen molar-refractivity contribution in [2.45, 2.75) is 27.3 Å². The van der Waals surface area contributed by atoms with Gasteiger partial charge in [0, 0.05) is 29.5 Å². The first-order valence-electron chi connectivity index (χ1n) is 7.95. The Morgan fingerprint density at radius 2 is 1.84 bits per heavy atom. The molecule has 7 heteroatoms. The molecule has 3 rings (SSSR count). The van der Waals surface area contributed by atoms with Crippen LogP contribution in [0.3, 0.4) is 0 Å². The van der Waals surface area contributed by atoms with Crippen LogP contribution in [0.4, 0.5) is 5.82 Å². The van der Waals surface area contributed by atoms with E-state index in [1.165, 1.54) is 0 Å². The summed E-state index contributed by atoms with van der Waals surface area (Å²) in [6.45, 7) is 6.27. The highest BCUT2D eigenvalue weighted by Gasteiger charge is 2.18. The lowest BCUT2D eigenvalue weighted by molar-refractivity contribution is 0.102. The van der Waals surface area contributed by atoms with Gasteiger partial charge in [-0.25, -0.2) is 0 Å². The summed E-state index contributed by atoms with van der Waals surface area (Å²) in [5.74, 6) is 0.332. The van der Waals surface area contributed by atoms with Crippen LogP contribution in [0.15, 0.2) is 30.3 Å². The molecule has 0 bridgehead atoms. The van der Waals surface area contributed by atoms with Crippen molar-refractivity contribution < 1.29 is 4.79 Å². The molecule has 0 aliphatic rings. The molecule has 0 atom stereocenters. The largest absolute Gasteiger partial charge is 0.305 e. The normalized spacial score (nSPS) is 10.9. The summed E-state index contributed by atoms with van der Waals surface area (Å²) in [6, 6.07) is 9.49. The molecule has 25 heavy (non-hydrogen) atoms. The molecule has 6 nitrogen and oxygen atoms in total. The minimum absolute atomic E-state index is 0.195. The number of aryl methyl sites for hydroxylation is 3. The Morgan fingerprint density at radius 3 is 2.44 bits per heavy atom. The average molecular weight is 358 g/mol. The maximum Gasteiger partial charge on any atom is 0.260 e. The quantitative estimate of drug-likeness (QED) is 0.777. The molecule has 1 N–H and O–H groups in total. The number of halogens is 1. The lowest BCUT2D eigenvalue weighted by Gasteiger charge is -2.05. The van der Waals surface area contributed by atoms with Crippen molar-refractivity contribution in [3.8, 4) is 0 Å². The Kier molecular flexibility index (Phi) is 4.63. The van der Waals surface area contributed by atoms with E-state index in [1.807, 2.05) is 62.8 Å². The second-order valence-corrected chi connectivity index (χ2v) is 6.52. The van der Waals surface area contributed by atoms with E-state index in [-0.39, 0.29) is 5.91 Å². The molecule has 1 aromatic carbocycles. The molecule has 0 fully saturated rings. The number of anilines is 1. The van der Waals surface area contributed by atoms with Gasteiger partial charge in [0.25, 0.3) is 5.91 Å². The third kappa shape index (κ3) is 3.58. The number of amides is 1. The molecule has 130 valence electrons. The lowest BCUT2D eigenvalue weighted by Crippen LogP contribution is -2.15. The van der Waals surface area contributed by atoms with Crippen LogP contribution in [-0.4, -0.2) is 25.5 Å². The van der Waals surface area contributed by atoms with Crippen molar-refractivity contribution in [3.05, 3.63) is 63.6 Å². The number of hydrogen-bond acceptors (Lipinski definition) is 3. The number of hydrogen-bond donors (Lipinski definition) is 1. The van der Waals surface area contributed by atoms with Crippen LogP contribution >= 0.6 is 11.6 Å². The molecule has 0 aliphatic carbocycles. The van der Waals surface area contributed by atoms with Gasteiger partial charge in [-0.15, -0.1) is 0 Å². The van der Waals surface area contributed by atoms with Gasteiger partial charge < -0.3 is 5.32 Å². The van der Waals surface area contributed by atoms with Gasteiger partial charge >= 0.3 is 0 Å². The fourth-order valence-corrected chi connectivity index (χ4v) is 2.90. The Hall–Kier alpha value is -2.60. The van der Waals surface area contributed by atoms with Crippen molar-refractivity contribution in [1.82, 2.24) is 19.6 Å². The maximum absolute atomic E-state index is 12.6. The Morgan fingerprint density at radius 1 is 1.16 bits per heavy atom. The van der Waals surface area contributed by atoms with Gasteiger partial charge in [0.2, 0.25) is 0 Å². The summed E-state index contributed by atoms with van der Waals surface area (Å²) in [7, 11) is 1.82. The molecular formula is C18H20ClN5O. The van der Waals surface area contributed by atoms with Gasteiger partial charge in [-0.1, -0.05) is 23.7 Å². The highest BCUT2D eigenvalue weighted by atomic mass is 35.5. The van der Waals surface area contributed by atoms with Crippen LogP contribution in [0.5, 0.6) is 0 Å². The van der Waals surface area contributed by atoms with Crippen LogP contribution in [0.25, 0.3) is 0 Å². The second kappa shape index (κ2) is 6.72. The highest BCUT2D eigenvalue weighted by Crippen LogP contribution is 2.17. The Bertz CT molecular complexity index is 924. The van der Waals surface area contributed by atoms with Gasteiger partial charge in [-0.05, 0) is 38.5 Å². The predicted octanol–water partition coefficient (Wildman–Crippen LogP) is 3.50. The fourth-order valence-electron chi connectivity index (χ4n) is 2.78. The predicted molar refractivity (Wildman–Crippen MR) is 98.2 cm³/mol. The number of carbonyl (C=O) groups excluding carboxylic acids is 1. The number of benzene rings is 1. The van der Waals surface area contributed by atoms with Gasteiger partial charge in [-0.3, -0.25) is 14.2 Å². The van der Waals surface area contributed by atoms with E-state index in [2.05, 4.69) is 15.5 Å². The molecule has 0 spiro atoms. The van der Waals surface area contributed by atoms with Gasteiger partial charge in [0.05, 0.1) is 17.8 Å². The zero-order valence-electron chi connectivity index (χ0n) is 14.7. The van der Waals surface area contributed by atoms with Crippen LogP contribution in [0.1, 0.15) is 33.0 Å². The summed E-state index contributed by atoms with van der Waals surface area (Å²) in [5, 5.41) is 12.3. The number of nitrogens with one attached hydrogen (secondary N) is 1. The minimum atomic E-state index is -0.195. The molecule has 0 aliphatic heterocycles. The third-order valence-electron chi connectivity index (χ3n) is 4.20. The molecule has 2 heterocycles. The molecule has 0 saturated heterocycles. The van der Waals surface area contributed by atoms with E-state index < -0.39 is 0 Å². The smallest absolute Gasteiger partial charge is 0.260 e. The van der Waals surface area contributed by atoms with Crippen molar-refractivity contribution in [2.75, 3.05) is 5.32 Å². The number of carbonyl (C=O) groups is 1. The minimum Gasteiger partial charge on any atom is -0.305 e. The first-order chi connectivity index (χ1) is 11.8. The number of nitrogens with zero attached hydrogens (tertiary/aromatic N) is 4. The number of rotatable bonds is 4. The van der Waals surface area contributed by atoms with E-state index >= 15 is 0 Å². The zero-order valence-corrected chi connectivity index (χ0v) is 15.4. The van der Waals surface area contributed by atoms with Gasteiger partial charge in [0.1, 0.15) is 0 Å². The number of aromatic nitrogens is 4. The zero-order chi connectivity index (χ0) is 18.1. The van der Waals surface area contributed by atoms with Crippen LogP contribution in [0.2, 0.25) is 5.02 Å². The van der Waals surface area contributed by atoms with Gasteiger partial charge in [0.15, 0.2) is 5.82 Å². The van der Waals surface area contributed by atoms with Crippen molar-refractivity contribution in [2.24, 2.45) is 7.05 Å². The standard InChI is InChI=1S/C18H20ClN5O/c1-11-9-16(20-18(25)17-12(2)21-23(4)13(17)3)22-24(11)10-14-5-7-15(19)8-6-14/h5-9H,10H2,1-4H3,(H,20,22,25). The van der Waals surface area contributed by atoms with E-state index in [0.29, 0.717) is 28.6 Å². The molecule has 3 aromatic rings. The lowest BCUT2D eigenvalue weighted by atomic mass is 10.2. The summed E-state index contributed by atoms with van der Waals surface area (Å²) < 4.78 is 3.55. The summed E-state index contributed by atoms with van der Waals surface area (Å²) in [6.07, 6.45) is 0. The molecule has 0 saturated carbocycles. The first-order valence-corrected chi connectivity index (χ1v) is 8.33. The fraction of sp³-hybridized carbons (Fsp3) is 0.278. The third-order valence-corrected chi connectivity index (χ3v) is 4.46. The first kappa shape index (κ1) is 17.2. The Balaban J connectivity index is 1.78. The topological polar surface area (TPSA) is 64.7 Å².